The second kappa shape index (κ2) is 5.70. The molecule has 19 heavy (non-hydrogen) atoms. The van der Waals surface area contributed by atoms with Crippen molar-refractivity contribution in [2.75, 3.05) is 0 Å². The highest BCUT2D eigenvalue weighted by Gasteiger charge is 2.06. The molecule has 0 fully saturated rings. The Labute approximate surface area is 114 Å². The lowest BCUT2D eigenvalue weighted by Gasteiger charge is -2.12. The summed E-state index contributed by atoms with van der Waals surface area (Å²) in [6.07, 6.45) is 0.828. The molecule has 0 spiro atoms. The van der Waals surface area contributed by atoms with Gasteiger partial charge in [0.15, 0.2) is 0 Å². The van der Waals surface area contributed by atoms with Crippen LogP contribution < -0.4 is 4.74 Å². The molecule has 0 bridgehead atoms. The van der Waals surface area contributed by atoms with Gasteiger partial charge in [0.05, 0.1) is 0 Å². The zero-order chi connectivity index (χ0) is 13.8. The number of ether oxygens (including phenoxy) is 1. The third kappa shape index (κ3) is 3.22. The van der Waals surface area contributed by atoms with Crippen LogP contribution in [0.5, 0.6) is 11.5 Å². The van der Waals surface area contributed by atoms with Crippen molar-refractivity contribution in [2.24, 2.45) is 0 Å². The Bertz CT molecular complexity index is 568. The molecule has 0 aliphatic carbocycles. The molecule has 0 amide bonds. The van der Waals surface area contributed by atoms with Crippen molar-refractivity contribution in [1.29, 1.82) is 0 Å². The quantitative estimate of drug-likeness (QED) is 0.738. The molecule has 98 valence electrons. The third-order valence-corrected chi connectivity index (χ3v) is 3.12. The van der Waals surface area contributed by atoms with Gasteiger partial charge in [-0.2, -0.15) is 0 Å². The Morgan fingerprint density at radius 2 is 1.74 bits per heavy atom. The van der Waals surface area contributed by atoms with Crippen molar-refractivity contribution in [3.8, 4) is 11.5 Å². The van der Waals surface area contributed by atoms with E-state index in [1.54, 1.807) is 12.1 Å². The van der Waals surface area contributed by atoms with Crippen molar-refractivity contribution in [3.63, 3.8) is 0 Å². The van der Waals surface area contributed by atoms with Crippen LogP contribution in [0, 0.1) is 6.92 Å². The van der Waals surface area contributed by atoms with E-state index in [-0.39, 0.29) is 0 Å². The third-order valence-electron chi connectivity index (χ3n) is 3.12. The van der Waals surface area contributed by atoms with Gasteiger partial charge in [-0.15, -0.1) is 0 Å². The van der Waals surface area contributed by atoms with Crippen LogP contribution in [0.15, 0.2) is 42.5 Å². The lowest BCUT2D eigenvalue weighted by Crippen LogP contribution is -1.92. The Hall–Kier alpha value is -2.09. The molecule has 0 saturated carbocycles. The average Bonchev–Trinajstić information content (AvgIpc) is 2.42. The molecule has 0 saturated heterocycles. The van der Waals surface area contributed by atoms with Crippen LogP contribution in [0.4, 0.5) is 0 Å². The second-order valence-electron chi connectivity index (χ2n) is 4.97. The topological polar surface area (TPSA) is 26.3 Å². The molecular weight excluding hydrogens is 236 g/mol. The van der Waals surface area contributed by atoms with Gasteiger partial charge in [-0.25, -0.2) is 0 Å². The van der Waals surface area contributed by atoms with Crippen LogP contribution in [0.1, 0.15) is 41.3 Å². The van der Waals surface area contributed by atoms with E-state index >= 15 is 0 Å². The van der Waals surface area contributed by atoms with E-state index in [9.17, 15) is 4.79 Å². The van der Waals surface area contributed by atoms with E-state index in [0.29, 0.717) is 11.5 Å². The molecule has 0 aromatic heterocycles. The maximum atomic E-state index is 10.6. The van der Waals surface area contributed by atoms with E-state index < -0.39 is 0 Å². The lowest BCUT2D eigenvalue weighted by molar-refractivity contribution is 0.112. The van der Waals surface area contributed by atoms with Gasteiger partial charge in [0.1, 0.15) is 17.8 Å². The van der Waals surface area contributed by atoms with Crippen molar-refractivity contribution < 1.29 is 9.53 Å². The summed E-state index contributed by atoms with van der Waals surface area (Å²) >= 11 is 0. The maximum absolute atomic E-state index is 10.6. The Kier molecular flexibility index (Phi) is 4.00. The summed E-state index contributed by atoms with van der Waals surface area (Å²) in [6.45, 7) is 6.35. The van der Waals surface area contributed by atoms with Gasteiger partial charge in [-0.3, -0.25) is 4.79 Å². The van der Waals surface area contributed by atoms with Crippen molar-refractivity contribution in [1.82, 2.24) is 0 Å². The molecule has 0 radical (unpaired) electrons. The van der Waals surface area contributed by atoms with Crippen molar-refractivity contribution in [2.45, 2.75) is 26.7 Å². The van der Waals surface area contributed by atoms with Gasteiger partial charge in [0.25, 0.3) is 0 Å². The maximum Gasteiger partial charge on any atom is 0.150 e. The van der Waals surface area contributed by atoms with E-state index in [2.05, 4.69) is 32.0 Å². The van der Waals surface area contributed by atoms with Crippen molar-refractivity contribution in [3.05, 3.63) is 59.2 Å². The molecular formula is C17H18O2. The Morgan fingerprint density at radius 1 is 1.05 bits per heavy atom. The lowest BCUT2D eigenvalue weighted by atomic mass is 10.0. The number of rotatable bonds is 4. The molecule has 0 unspecified atom stereocenters. The SMILES string of the molecule is Cc1ccc(C(C)C)cc1Oc1ccc(C=O)cc1. The van der Waals surface area contributed by atoms with Crippen molar-refractivity contribution >= 4 is 6.29 Å². The highest BCUT2D eigenvalue weighted by Crippen LogP contribution is 2.28. The minimum Gasteiger partial charge on any atom is -0.457 e. The zero-order valence-corrected chi connectivity index (χ0v) is 11.5. The molecule has 0 aliphatic heterocycles. The fourth-order valence-corrected chi connectivity index (χ4v) is 1.83. The van der Waals surface area contributed by atoms with Gasteiger partial charge in [0, 0.05) is 5.56 Å². The molecule has 2 nitrogen and oxygen atoms in total. The molecule has 2 aromatic rings. The highest BCUT2D eigenvalue weighted by atomic mass is 16.5. The number of hydrogen-bond donors (Lipinski definition) is 0. The molecule has 2 heteroatoms. The first kappa shape index (κ1) is 13.3. The number of carbonyl (C=O) groups excluding carboxylic acids is 1. The van der Waals surface area contributed by atoms with E-state index in [0.717, 1.165) is 23.3 Å². The molecule has 0 atom stereocenters. The summed E-state index contributed by atoms with van der Waals surface area (Å²) in [6, 6.07) is 13.4. The molecule has 2 aromatic carbocycles. The first-order chi connectivity index (χ1) is 9.10. The fraction of sp³-hybridized carbons (Fsp3) is 0.235. The Morgan fingerprint density at radius 3 is 2.32 bits per heavy atom. The van der Waals surface area contributed by atoms with E-state index in [1.807, 2.05) is 19.1 Å². The van der Waals surface area contributed by atoms with Gasteiger partial charge in [0.2, 0.25) is 0 Å². The smallest absolute Gasteiger partial charge is 0.150 e. The first-order valence-corrected chi connectivity index (χ1v) is 6.44. The van der Waals surface area contributed by atoms with Crippen LogP contribution >= 0.6 is 0 Å². The predicted octanol–water partition coefficient (Wildman–Crippen LogP) is 4.72. The average molecular weight is 254 g/mol. The summed E-state index contributed by atoms with van der Waals surface area (Å²) in [5.74, 6) is 2.08. The summed E-state index contributed by atoms with van der Waals surface area (Å²) in [5, 5.41) is 0. The summed E-state index contributed by atoms with van der Waals surface area (Å²) in [4.78, 5) is 10.6. The number of aldehydes is 1. The summed E-state index contributed by atoms with van der Waals surface area (Å²) < 4.78 is 5.88. The van der Waals surface area contributed by atoms with E-state index in [4.69, 9.17) is 4.74 Å². The predicted molar refractivity (Wildman–Crippen MR) is 77.2 cm³/mol. The molecule has 0 heterocycles. The molecule has 0 aliphatic rings. The summed E-state index contributed by atoms with van der Waals surface area (Å²) in [7, 11) is 0. The van der Waals surface area contributed by atoms with Gasteiger partial charge < -0.3 is 4.74 Å². The normalized spacial score (nSPS) is 10.5. The Balaban J connectivity index is 2.26. The second-order valence-corrected chi connectivity index (χ2v) is 4.97. The minimum absolute atomic E-state index is 0.473. The molecule has 0 N–H and O–H groups in total. The van der Waals surface area contributed by atoms with E-state index in [1.165, 1.54) is 5.56 Å². The highest BCUT2D eigenvalue weighted by molar-refractivity contribution is 5.74. The van der Waals surface area contributed by atoms with Crippen LogP contribution in [-0.4, -0.2) is 6.29 Å². The van der Waals surface area contributed by atoms with Gasteiger partial charge in [-0.05, 0) is 54.3 Å². The summed E-state index contributed by atoms with van der Waals surface area (Å²) in [5.41, 5.74) is 3.01. The molecule has 2 rings (SSSR count). The number of carbonyl (C=O) groups is 1. The van der Waals surface area contributed by atoms with Crippen LogP contribution in [0.3, 0.4) is 0 Å². The zero-order valence-electron chi connectivity index (χ0n) is 11.5. The number of benzene rings is 2. The minimum atomic E-state index is 0.473. The van der Waals surface area contributed by atoms with Gasteiger partial charge in [-0.1, -0.05) is 26.0 Å². The number of aryl methyl sites for hydroxylation is 1. The first-order valence-electron chi connectivity index (χ1n) is 6.44. The van der Waals surface area contributed by atoms with Crippen LogP contribution in [0.25, 0.3) is 0 Å². The van der Waals surface area contributed by atoms with Crippen LogP contribution in [-0.2, 0) is 0 Å². The monoisotopic (exact) mass is 254 g/mol. The van der Waals surface area contributed by atoms with Crippen LogP contribution in [0.2, 0.25) is 0 Å². The standard InChI is InChI=1S/C17H18O2/c1-12(2)15-7-4-13(3)17(10-15)19-16-8-5-14(11-18)6-9-16/h4-12H,1-3H3. The number of hydrogen-bond acceptors (Lipinski definition) is 2. The van der Waals surface area contributed by atoms with Gasteiger partial charge >= 0.3 is 0 Å². The largest absolute Gasteiger partial charge is 0.457 e. The fourth-order valence-electron chi connectivity index (χ4n) is 1.83.